The van der Waals surface area contributed by atoms with Gasteiger partial charge in [0.1, 0.15) is 4.83 Å². The lowest BCUT2D eigenvalue weighted by atomic mass is 10.2. The summed E-state index contributed by atoms with van der Waals surface area (Å²) in [5.74, 6) is 0. The molecule has 1 fully saturated rings. The summed E-state index contributed by atoms with van der Waals surface area (Å²) >= 11 is 6.83. The summed E-state index contributed by atoms with van der Waals surface area (Å²) in [6.45, 7) is 1.92. The number of nitrogens with zero attached hydrogens (tertiary/aromatic N) is 2. The van der Waals surface area contributed by atoms with Gasteiger partial charge in [0.15, 0.2) is 4.77 Å². The van der Waals surface area contributed by atoms with Crippen LogP contribution in [0.15, 0.2) is 16.2 Å². The van der Waals surface area contributed by atoms with Gasteiger partial charge in [-0.2, -0.15) is 0 Å². The van der Waals surface area contributed by atoms with E-state index in [1.807, 2.05) is 11.4 Å². The molecule has 6 heteroatoms. The molecule has 2 aromatic heterocycles. The van der Waals surface area contributed by atoms with Crippen LogP contribution in [-0.4, -0.2) is 34.6 Å². The number of hydrogen-bond acceptors (Lipinski definition) is 4. The molecule has 1 N–H and O–H groups in total. The van der Waals surface area contributed by atoms with Crippen molar-refractivity contribution in [3.63, 3.8) is 0 Å². The lowest BCUT2D eigenvalue weighted by molar-refractivity contribution is 0.388. The quantitative estimate of drug-likeness (QED) is 0.803. The Morgan fingerprint density at radius 3 is 3.12 bits per heavy atom. The molecule has 0 bridgehead atoms. The number of aromatic nitrogens is 2. The number of H-pyrrole nitrogens is 1. The summed E-state index contributed by atoms with van der Waals surface area (Å²) in [5.41, 5.74) is 0.0466. The van der Waals surface area contributed by atoms with E-state index < -0.39 is 0 Å². The average molecular weight is 267 g/mol. The van der Waals surface area contributed by atoms with Crippen LogP contribution in [-0.2, 0) is 0 Å². The lowest BCUT2D eigenvalue weighted by Crippen LogP contribution is -2.27. The second kappa shape index (κ2) is 4.04. The molecule has 0 aliphatic carbocycles. The first-order valence-corrected chi connectivity index (χ1v) is 6.86. The summed E-state index contributed by atoms with van der Waals surface area (Å²) in [6, 6.07) is 2.07. The number of aromatic amines is 1. The maximum absolute atomic E-state index is 12.4. The van der Waals surface area contributed by atoms with Crippen molar-refractivity contribution >= 4 is 33.8 Å². The molecule has 2 aromatic rings. The van der Waals surface area contributed by atoms with Crippen molar-refractivity contribution in [1.82, 2.24) is 14.5 Å². The molecule has 0 amide bonds. The molecule has 0 radical (unpaired) electrons. The molecule has 1 saturated heterocycles. The molecule has 0 spiro atoms. The van der Waals surface area contributed by atoms with E-state index in [1.54, 1.807) is 4.57 Å². The topological polar surface area (TPSA) is 41.0 Å². The molecule has 1 aliphatic rings. The van der Waals surface area contributed by atoms with Crippen molar-refractivity contribution in [3.05, 3.63) is 26.6 Å². The fraction of sp³-hybridized carbons (Fsp3) is 0.455. The van der Waals surface area contributed by atoms with Gasteiger partial charge in [-0.15, -0.1) is 11.3 Å². The van der Waals surface area contributed by atoms with Crippen LogP contribution in [0.3, 0.4) is 0 Å². The van der Waals surface area contributed by atoms with Crippen molar-refractivity contribution in [3.8, 4) is 0 Å². The number of likely N-dealkylation sites (tertiary alicyclic amines) is 1. The van der Waals surface area contributed by atoms with Crippen LogP contribution in [0.4, 0.5) is 0 Å². The van der Waals surface area contributed by atoms with Crippen LogP contribution in [0.25, 0.3) is 10.2 Å². The Balaban J connectivity index is 2.22. The molecule has 17 heavy (non-hydrogen) atoms. The molecule has 4 nitrogen and oxygen atoms in total. The van der Waals surface area contributed by atoms with E-state index in [4.69, 9.17) is 12.2 Å². The van der Waals surface area contributed by atoms with Gasteiger partial charge in [0.2, 0.25) is 0 Å². The van der Waals surface area contributed by atoms with Gasteiger partial charge in [0.05, 0.1) is 11.4 Å². The van der Waals surface area contributed by atoms with Crippen molar-refractivity contribution in [2.45, 2.75) is 12.5 Å². The molecule has 1 aliphatic heterocycles. The minimum atomic E-state index is 0.0466. The van der Waals surface area contributed by atoms with Crippen LogP contribution >= 0.6 is 23.6 Å². The smallest absolute Gasteiger partial charge is 0.263 e. The highest BCUT2D eigenvalue weighted by atomic mass is 32.1. The Labute approximate surface area is 108 Å². The van der Waals surface area contributed by atoms with Gasteiger partial charge in [0.25, 0.3) is 5.56 Å². The van der Waals surface area contributed by atoms with Gasteiger partial charge in [-0.05, 0) is 43.7 Å². The highest BCUT2D eigenvalue weighted by Crippen LogP contribution is 2.21. The SMILES string of the molecule is CN1CCC(n2c(=S)[nH]c3sccc3c2=O)C1. The third-order valence-corrected chi connectivity index (χ3v) is 4.41. The van der Waals surface area contributed by atoms with E-state index in [-0.39, 0.29) is 11.6 Å². The van der Waals surface area contributed by atoms with Crippen molar-refractivity contribution in [2.75, 3.05) is 20.1 Å². The molecule has 3 heterocycles. The third-order valence-electron chi connectivity index (χ3n) is 3.29. The van der Waals surface area contributed by atoms with E-state index in [0.717, 1.165) is 29.7 Å². The van der Waals surface area contributed by atoms with Crippen LogP contribution in [0.1, 0.15) is 12.5 Å². The molecule has 1 atom stereocenters. The number of hydrogen-bond donors (Lipinski definition) is 1. The first-order chi connectivity index (χ1) is 8.16. The Morgan fingerprint density at radius 1 is 1.59 bits per heavy atom. The maximum atomic E-state index is 12.4. The minimum Gasteiger partial charge on any atom is -0.323 e. The fourth-order valence-electron chi connectivity index (χ4n) is 2.41. The first kappa shape index (κ1) is 11.1. The predicted octanol–water partition coefficient (Wildman–Crippen LogP) is 2.00. The summed E-state index contributed by atoms with van der Waals surface area (Å²) < 4.78 is 2.29. The van der Waals surface area contributed by atoms with E-state index in [2.05, 4.69) is 16.9 Å². The van der Waals surface area contributed by atoms with Gasteiger partial charge >= 0.3 is 0 Å². The molecular weight excluding hydrogens is 254 g/mol. The molecule has 0 aromatic carbocycles. The highest BCUT2D eigenvalue weighted by molar-refractivity contribution is 7.71. The number of rotatable bonds is 1. The molecule has 3 rings (SSSR count). The number of likely N-dealkylation sites (N-methyl/N-ethyl adjacent to an activating group) is 1. The number of fused-ring (bicyclic) bond motifs is 1. The van der Waals surface area contributed by atoms with E-state index in [1.165, 1.54) is 11.3 Å². The zero-order chi connectivity index (χ0) is 12.0. The normalized spacial score (nSPS) is 21.4. The zero-order valence-corrected chi connectivity index (χ0v) is 11.1. The third kappa shape index (κ3) is 1.76. The average Bonchev–Trinajstić information content (AvgIpc) is 2.87. The molecular formula is C11H13N3OS2. The predicted molar refractivity (Wildman–Crippen MR) is 72.4 cm³/mol. The van der Waals surface area contributed by atoms with Crippen LogP contribution in [0.5, 0.6) is 0 Å². The standard InChI is InChI=1S/C11H13N3OS2/c1-13-4-2-7(6-13)14-10(15)8-3-5-17-9(8)12-11(14)16/h3,5,7H,2,4,6H2,1H3,(H,12,16). The van der Waals surface area contributed by atoms with Gasteiger partial charge in [0, 0.05) is 6.54 Å². The fourth-order valence-corrected chi connectivity index (χ4v) is 3.58. The number of thiophene rings is 1. The van der Waals surface area contributed by atoms with Crippen molar-refractivity contribution in [1.29, 1.82) is 0 Å². The Kier molecular flexibility index (Phi) is 2.65. The summed E-state index contributed by atoms with van der Waals surface area (Å²) in [5, 5.41) is 2.67. The zero-order valence-electron chi connectivity index (χ0n) is 9.47. The second-order valence-electron chi connectivity index (χ2n) is 4.47. The van der Waals surface area contributed by atoms with Crippen LogP contribution in [0.2, 0.25) is 0 Å². The van der Waals surface area contributed by atoms with Gasteiger partial charge in [-0.25, -0.2) is 0 Å². The summed E-state index contributed by atoms with van der Waals surface area (Å²) in [6.07, 6.45) is 0.990. The van der Waals surface area contributed by atoms with E-state index in [9.17, 15) is 4.79 Å². The van der Waals surface area contributed by atoms with Gasteiger partial charge < -0.3 is 9.88 Å². The Hall–Kier alpha value is -0.980. The van der Waals surface area contributed by atoms with Crippen molar-refractivity contribution in [2.24, 2.45) is 0 Å². The van der Waals surface area contributed by atoms with E-state index >= 15 is 0 Å². The van der Waals surface area contributed by atoms with Gasteiger partial charge in [-0.1, -0.05) is 0 Å². The first-order valence-electron chi connectivity index (χ1n) is 5.57. The largest absolute Gasteiger partial charge is 0.323 e. The lowest BCUT2D eigenvalue weighted by Gasteiger charge is -2.14. The summed E-state index contributed by atoms with van der Waals surface area (Å²) in [7, 11) is 2.07. The highest BCUT2D eigenvalue weighted by Gasteiger charge is 2.23. The van der Waals surface area contributed by atoms with Crippen LogP contribution in [0, 0.1) is 4.77 Å². The molecule has 1 unspecified atom stereocenters. The number of nitrogens with one attached hydrogen (secondary N) is 1. The Morgan fingerprint density at radius 2 is 2.41 bits per heavy atom. The second-order valence-corrected chi connectivity index (χ2v) is 5.78. The monoisotopic (exact) mass is 267 g/mol. The van der Waals surface area contributed by atoms with Gasteiger partial charge in [-0.3, -0.25) is 9.36 Å². The maximum Gasteiger partial charge on any atom is 0.263 e. The Bertz CT molecular complexity index is 669. The minimum absolute atomic E-state index is 0.0466. The van der Waals surface area contributed by atoms with Crippen LogP contribution < -0.4 is 5.56 Å². The molecule has 0 saturated carbocycles. The summed E-state index contributed by atoms with van der Waals surface area (Å²) in [4.78, 5) is 18.6. The van der Waals surface area contributed by atoms with Crippen molar-refractivity contribution < 1.29 is 0 Å². The molecule has 90 valence electrons. The van der Waals surface area contributed by atoms with E-state index in [0.29, 0.717) is 4.77 Å².